The Bertz CT molecular complexity index is 1430. The first kappa shape index (κ1) is 41.2. The summed E-state index contributed by atoms with van der Waals surface area (Å²) in [5, 5.41) is 7.07. The van der Waals surface area contributed by atoms with Gasteiger partial charge < -0.3 is 25.3 Å². The fourth-order valence-electron chi connectivity index (χ4n) is 4.65. The lowest BCUT2D eigenvalue weighted by molar-refractivity contribution is -0.174. The molecule has 0 saturated carbocycles. The highest BCUT2D eigenvalue weighted by molar-refractivity contribution is 6.74. The molecule has 0 aliphatic rings. The number of nitrogens with zero attached hydrogens (tertiary/aromatic N) is 1. The zero-order valence-electron chi connectivity index (χ0n) is 29.7. The molecule has 0 unspecified atom stereocenters. The molecule has 0 aliphatic carbocycles. The second kappa shape index (κ2) is 17.6. The molecule has 0 spiro atoms. The maximum absolute atomic E-state index is 14.2. The molecule has 3 N–H and O–H groups in total. The van der Waals surface area contributed by atoms with Crippen molar-refractivity contribution < 1.29 is 36.8 Å². The molecule has 0 aromatic heterocycles. The summed E-state index contributed by atoms with van der Waals surface area (Å²) in [5.41, 5.74) is 1.49. The number of benzene rings is 2. The van der Waals surface area contributed by atoms with Gasteiger partial charge in [0, 0.05) is 19.2 Å². The third-order valence-corrected chi connectivity index (χ3v) is 13.0. The van der Waals surface area contributed by atoms with Gasteiger partial charge in [-0.25, -0.2) is 0 Å². The summed E-state index contributed by atoms with van der Waals surface area (Å²) in [6.07, 6.45) is -5.34. The van der Waals surface area contributed by atoms with Gasteiger partial charge in [-0.15, -0.1) is 0 Å². The normalized spacial score (nSPS) is 14.0. The number of para-hydroxylation sites is 1. The molecule has 0 bridgehead atoms. The lowest BCUT2D eigenvalue weighted by Crippen LogP contribution is -2.58. The van der Waals surface area contributed by atoms with Gasteiger partial charge >= 0.3 is 12.1 Å². The summed E-state index contributed by atoms with van der Waals surface area (Å²) in [7, 11) is -0.791. The summed E-state index contributed by atoms with van der Waals surface area (Å²) >= 11 is 0. The molecule has 0 saturated heterocycles. The smallest absolute Gasteiger partial charge is 0.413 e. The zero-order chi connectivity index (χ0) is 37.2. The van der Waals surface area contributed by atoms with Gasteiger partial charge in [0.05, 0.1) is 6.61 Å². The maximum atomic E-state index is 14.2. The van der Waals surface area contributed by atoms with Crippen molar-refractivity contribution >= 4 is 37.6 Å². The van der Waals surface area contributed by atoms with Crippen LogP contribution in [0.2, 0.25) is 18.1 Å². The van der Waals surface area contributed by atoms with E-state index in [1.54, 1.807) is 66.0 Å². The van der Waals surface area contributed by atoms with Crippen LogP contribution in [0.1, 0.15) is 53.0 Å². The van der Waals surface area contributed by atoms with Crippen molar-refractivity contribution in [2.24, 2.45) is 5.92 Å². The molecule has 270 valence electrons. The van der Waals surface area contributed by atoms with E-state index < -0.39 is 56.2 Å². The van der Waals surface area contributed by atoms with E-state index in [0.717, 1.165) is 0 Å². The van der Waals surface area contributed by atoms with E-state index >= 15 is 0 Å². The molecule has 9 nitrogen and oxygen atoms in total. The zero-order valence-corrected chi connectivity index (χ0v) is 30.7. The standard InChI is InChI=1S/C36H51F3N4O5Si/c1-24(2)20-30(32(45)40-27-18-14-11-15-19-27)43(7)33(46)29(21-25(3)23-48-49(8,9)35(4,5)6)41-31(44)28(42-34(47)36(37,38)39)22-26-16-12-10-13-17-26/h10-19,24,28-30H,3,20-23H2,1-2,4-9H3,(H,40,45)(H,41,44)(H,42,47)/t28-,29+,30-/m0/s1. The van der Waals surface area contributed by atoms with E-state index in [4.69, 9.17) is 4.43 Å². The molecule has 0 aliphatic heterocycles. The Balaban J connectivity index is 2.45. The van der Waals surface area contributed by atoms with Gasteiger partial charge in [0.15, 0.2) is 8.32 Å². The van der Waals surface area contributed by atoms with Crippen molar-refractivity contribution in [3.63, 3.8) is 0 Å². The Morgan fingerprint density at radius 2 is 1.43 bits per heavy atom. The Morgan fingerprint density at radius 3 is 1.94 bits per heavy atom. The first-order valence-electron chi connectivity index (χ1n) is 16.3. The number of likely N-dealkylation sites (N-methyl/N-ethyl adjacent to an activating group) is 1. The lowest BCUT2D eigenvalue weighted by atomic mass is 9.99. The van der Waals surface area contributed by atoms with Crippen LogP contribution in [-0.2, 0) is 30.0 Å². The van der Waals surface area contributed by atoms with Gasteiger partial charge in [0.1, 0.15) is 18.1 Å². The van der Waals surface area contributed by atoms with Crippen LogP contribution in [0.25, 0.3) is 0 Å². The van der Waals surface area contributed by atoms with E-state index in [-0.39, 0.29) is 36.8 Å². The lowest BCUT2D eigenvalue weighted by Gasteiger charge is -2.37. The second-order valence-electron chi connectivity index (χ2n) is 14.2. The number of halogens is 3. The van der Waals surface area contributed by atoms with Crippen LogP contribution in [0.4, 0.5) is 18.9 Å². The Hall–Kier alpha value is -3.97. The molecule has 49 heavy (non-hydrogen) atoms. The molecule has 2 rings (SSSR count). The van der Waals surface area contributed by atoms with E-state index in [1.807, 2.05) is 13.8 Å². The number of amides is 4. The van der Waals surface area contributed by atoms with Crippen molar-refractivity contribution in [1.82, 2.24) is 15.5 Å². The van der Waals surface area contributed by atoms with Crippen molar-refractivity contribution in [3.8, 4) is 0 Å². The van der Waals surface area contributed by atoms with Gasteiger partial charge in [-0.3, -0.25) is 19.2 Å². The van der Waals surface area contributed by atoms with E-state index in [2.05, 4.69) is 51.1 Å². The summed E-state index contributed by atoms with van der Waals surface area (Å²) in [6.45, 7) is 18.3. The van der Waals surface area contributed by atoms with Gasteiger partial charge in [-0.2, -0.15) is 13.2 Å². The number of carbonyl (C=O) groups is 4. The first-order valence-corrected chi connectivity index (χ1v) is 19.2. The van der Waals surface area contributed by atoms with Gasteiger partial charge in [-0.05, 0) is 54.6 Å². The average molecular weight is 705 g/mol. The monoisotopic (exact) mass is 704 g/mol. The van der Waals surface area contributed by atoms with Crippen LogP contribution >= 0.6 is 0 Å². The van der Waals surface area contributed by atoms with E-state index in [9.17, 15) is 32.3 Å². The SMILES string of the molecule is C=C(CO[Si](C)(C)C(C)(C)C)C[C@@H](NC(=O)[C@H](Cc1ccccc1)NC(=O)C(F)(F)F)C(=O)N(C)[C@@H](CC(C)C)C(=O)Nc1ccccc1. The van der Waals surface area contributed by atoms with Gasteiger partial charge in [0.2, 0.25) is 17.7 Å². The number of carbonyl (C=O) groups excluding carboxylic acids is 4. The summed E-state index contributed by atoms with van der Waals surface area (Å²) in [4.78, 5) is 54.7. The summed E-state index contributed by atoms with van der Waals surface area (Å²) in [5.74, 6) is -4.39. The number of hydrogen-bond donors (Lipinski definition) is 3. The highest BCUT2D eigenvalue weighted by Gasteiger charge is 2.42. The van der Waals surface area contributed by atoms with E-state index in [0.29, 0.717) is 16.8 Å². The van der Waals surface area contributed by atoms with Crippen LogP contribution in [0.5, 0.6) is 0 Å². The maximum Gasteiger partial charge on any atom is 0.471 e. The number of nitrogens with one attached hydrogen (secondary N) is 3. The fourth-order valence-corrected chi connectivity index (χ4v) is 5.65. The summed E-state index contributed by atoms with van der Waals surface area (Å²) < 4.78 is 46.2. The van der Waals surface area contributed by atoms with Crippen molar-refractivity contribution in [1.29, 1.82) is 0 Å². The Labute approximate surface area is 289 Å². The molecule has 2 aromatic carbocycles. The molecular formula is C36H51F3N4O5Si. The second-order valence-corrected chi connectivity index (χ2v) is 19.0. The number of anilines is 1. The van der Waals surface area contributed by atoms with Crippen molar-refractivity contribution in [3.05, 3.63) is 78.4 Å². The minimum atomic E-state index is -5.24. The molecule has 2 aromatic rings. The van der Waals surface area contributed by atoms with Crippen molar-refractivity contribution in [2.75, 3.05) is 19.0 Å². The molecule has 0 radical (unpaired) electrons. The molecule has 0 fully saturated rings. The van der Waals surface area contributed by atoms with Crippen molar-refractivity contribution in [2.45, 2.75) is 96.3 Å². The van der Waals surface area contributed by atoms with Crippen LogP contribution in [0.3, 0.4) is 0 Å². The summed E-state index contributed by atoms with van der Waals surface area (Å²) in [6, 6.07) is 13.0. The van der Waals surface area contributed by atoms with Gasteiger partial charge in [0.25, 0.3) is 0 Å². The number of rotatable bonds is 16. The fraction of sp³-hybridized carbons (Fsp3) is 0.500. The quantitative estimate of drug-likeness (QED) is 0.141. The van der Waals surface area contributed by atoms with Crippen LogP contribution < -0.4 is 16.0 Å². The topological polar surface area (TPSA) is 117 Å². The highest BCUT2D eigenvalue weighted by Crippen LogP contribution is 2.37. The minimum absolute atomic E-state index is 0.00407. The average Bonchev–Trinajstić information content (AvgIpc) is 3.01. The van der Waals surface area contributed by atoms with Crippen LogP contribution in [-0.4, -0.2) is 74.8 Å². The largest absolute Gasteiger partial charge is 0.471 e. The third-order valence-electron chi connectivity index (χ3n) is 8.57. The molecule has 3 atom stereocenters. The van der Waals surface area contributed by atoms with Gasteiger partial charge in [-0.1, -0.05) is 95.3 Å². The van der Waals surface area contributed by atoms with Crippen LogP contribution in [0, 0.1) is 5.92 Å². The predicted molar refractivity (Wildman–Crippen MR) is 188 cm³/mol. The number of alkyl halides is 3. The molecular weight excluding hydrogens is 653 g/mol. The third kappa shape index (κ3) is 13.1. The van der Waals surface area contributed by atoms with E-state index in [1.165, 1.54) is 11.9 Å². The molecule has 13 heteroatoms. The molecule has 4 amide bonds. The minimum Gasteiger partial charge on any atom is -0.413 e. The Kier molecular flexibility index (Phi) is 14.8. The highest BCUT2D eigenvalue weighted by atomic mass is 28.4. The Morgan fingerprint density at radius 1 is 0.878 bits per heavy atom. The number of hydrogen-bond acceptors (Lipinski definition) is 5. The molecule has 0 heterocycles. The predicted octanol–water partition coefficient (Wildman–Crippen LogP) is 6.24. The van der Waals surface area contributed by atoms with Crippen LogP contribution in [0.15, 0.2) is 72.8 Å². The first-order chi connectivity index (χ1) is 22.6.